The molecule has 1 atom stereocenters. The van der Waals surface area contributed by atoms with Crippen LogP contribution in [-0.4, -0.2) is 31.6 Å². The van der Waals surface area contributed by atoms with Crippen LogP contribution in [-0.2, 0) is 16.6 Å². The van der Waals surface area contributed by atoms with Crippen molar-refractivity contribution < 1.29 is 13.5 Å². The number of thioether (sulfide) groups is 1. The molecule has 96 valence electrons. The first-order valence-electron chi connectivity index (χ1n) is 5.37. The summed E-state index contributed by atoms with van der Waals surface area (Å²) in [6, 6.07) is 1.52. The Morgan fingerprint density at radius 3 is 2.94 bits per heavy atom. The summed E-state index contributed by atoms with van der Waals surface area (Å²) in [5.74, 6) is 2.61. The van der Waals surface area contributed by atoms with Gasteiger partial charge in [0.1, 0.15) is 4.21 Å². The number of aliphatic hydroxyl groups excluding tert-OH is 1. The highest BCUT2D eigenvalue weighted by Crippen LogP contribution is 2.24. The van der Waals surface area contributed by atoms with Crippen molar-refractivity contribution >= 4 is 33.1 Å². The van der Waals surface area contributed by atoms with Gasteiger partial charge in [0.2, 0.25) is 10.0 Å². The van der Waals surface area contributed by atoms with E-state index in [4.69, 9.17) is 5.11 Å². The van der Waals surface area contributed by atoms with Gasteiger partial charge in [0.15, 0.2) is 0 Å². The number of sulfonamides is 1. The lowest BCUT2D eigenvalue weighted by Crippen LogP contribution is -2.28. The minimum absolute atomic E-state index is 0.120. The van der Waals surface area contributed by atoms with Crippen LogP contribution < -0.4 is 4.72 Å². The van der Waals surface area contributed by atoms with Gasteiger partial charge in [-0.15, -0.1) is 11.3 Å². The third-order valence-electron chi connectivity index (χ3n) is 2.66. The van der Waals surface area contributed by atoms with Gasteiger partial charge in [-0.1, -0.05) is 0 Å². The molecule has 1 unspecified atom stereocenters. The van der Waals surface area contributed by atoms with Gasteiger partial charge in [-0.05, 0) is 40.9 Å². The molecule has 2 rings (SSSR count). The van der Waals surface area contributed by atoms with E-state index in [9.17, 15) is 8.42 Å². The van der Waals surface area contributed by atoms with Gasteiger partial charge >= 0.3 is 0 Å². The molecule has 1 fully saturated rings. The maximum absolute atomic E-state index is 11.9. The van der Waals surface area contributed by atoms with Crippen molar-refractivity contribution in [2.45, 2.75) is 17.2 Å². The maximum atomic E-state index is 11.9. The third-order valence-corrected chi connectivity index (χ3v) is 6.81. The summed E-state index contributed by atoms with van der Waals surface area (Å²) in [6.45, 7) is 0.396. The monoisotopic (exact) mass is 293 g/mol. The number of nitrogens with one attached hydrogen (secondary N) is 1. The van der Waals surface area contributed by atoms with Gasteiger partial charge in [-0.2, -0.15) is 11.8 Å². The minimum atomic E-state index is -3.39. The standard InChI is InChI=1S/C10H15NO3S3/c12-5-9-3-10(16-7-9)17(13,14)11-4-8-1-2-15-6-8/h3,7-8,11-12H,1-2,4-6H2. The van der Waals surface area contributed by atoms with Gasteiger partial charge < -0.3 is 5.11 Å². The second-order valence-electron chi connectivity index (χ2n) is 4.01. The molecular formula is C10H15NO3S3. The summed E-state index contributed by atoms with van der Waals surface area (Å²) in [5, 5.41) is 10.6. The topological polar surface area (TPSA) is 66.4 Å². The number of hydrogen-bond donors (Lipinski definition) is 2. The third kappa shape index (κ3) is 3.45. The first kappa shape index (κ1) is 13.4. The lowest BCUT2D eigenvalue weighted by molar-refractivity contribution is 0.282. The lowest BCUT2D eigenvalue weighted by Gasteiger charge is -2.09. The van der Waals surface area contributed by atoms with Crippen molar-refractivity contribution in [2.24, 2.45) is 5.92 Å². The summed E-state index contributed by atoms with van der Waals surface area (Å²) >= 11 is 3.02. The molecule has 0 amide bonds. The van der Waals surface area contributed by atoms with E-state index < -0.39 is 10.0 Å². The van der Waals surface area contributed by atoms with E-state index >= 15 is 0 Å². The van der Waals surface area contributed by atoms with Crippen LogP contribution in [0.3, 0.4) is 0 Å². The maximum Gasteiger partial charge on any atom is 0.250 e. The Labute approximate surface area is 109 Å². The van der Waals surface area contributed by atoms with Crippen molar-refractivity contribution in [1.29, 1.82) is 0 Å². The van der Waals surface area contributed by atoms with Crippen LogP contribution in [0.5, 0.6) is 0 Å². The van der Waals surface area contributed by atoms with Crippen LogP contribution in [0.15, 0.2) is 15.7 Å². The second kappa shape index (κ2) is 5.71. The van der Waals surface area contributed by atoms with E-state index in [1.165, 1.54) is 6.07 Å². The van der Waals surface area contributed by atoms with Crippen LogP contribution in [0.1, 0.15) is 12.0 Å². The summed E-state index contributed by atoms with van der Waals surface area (Å²) in [6.07, 6.45) is 1.08. The fourth-order valence-corrected chi connectivity index (χ4v) is 5.27. The molecule has 1 aromatic heterocycles. The highest BCUT2D eigenvalue weighted by molar-refractivity contribution is 7.99. The number of hydrogen-bond acceptors (Lipinski definition) is 5. The van der Waals surface area contributed by atoms with Crippen molar-refractivity contribution in [3.8, 4) is 0 Å². The van der Waals surface area contributed by atoms with Gasteiger partial charge in [0.05, 0.1) is 6.61 Å². The van der Waals surface area contributed by atoms with Crippen LogP contribution in [0.2, 0.25) is 0 Å². The molecule has 0 aromatic carbocycles. The molecule has 7 heteroatoms. The fraction of sp³-hybridized carbons (Fsp3) is 0.600. The molecule has 0 saturated carbocycles. The molecule has 2 N–H and O–H groups in total. The molecule has 1 aliphatic heterocycles. The van der Waals surface area contributed by atoms with Crippen molar-refractivity contribution in [3.63, 3.8) is 0 Å². The Kier molecular flexibility index (Phi) is 4.48. The average Bonchev–Trinajstić information content (AvgIpc) is 2.98. The summed E-state index contributed by atoms with van der Waals surface area (Å²) in [5.41, 5.74) is 0.645. The average molecular weight is 293 g/mol. The largest absolute Gasteiger partial charge is 0.392 e. The molecule has 1 aromatic rings. The molecular weight excluding hydrogens is 278 g/mol. The SMILES string of the molecule is O=S(=O)(NCC1CCSC1)c1cc(CO)cs1. The van der Waals surface area contributed by atoms with E-state index in [-0.39, 0.29) is 10.8 Å². The van der Waals surface area contributed by atoms with E-state index in [2.05, 4.69) is 4.72 Å². The van der Waals surface area contributed by atoms with Gasteiger partial charge in [0, 0.05) is 6.54 Å². The Bertz CT molecular complexity index is 463. The Morgan fingerprint density at radius 2 is 2.35 bits per heavy atom. The first-order valence-corrected chi connectivity index (χ1v) is 8.89. The normalized spacial score (nSPS) is 20.9. The smallest absolute Gasteiger partial charge is 0.250 e. The van der Waals surface area contributed by atoms with Gasteiger partial charge in [0.25, 0.3) is 0 Å². The second-order valence-corrected chi connectivity index (χ2v) is 8.07. The number of rotatable bonds is 5. The van der Waals surface area contributed by atoms with Crippen LogP contribution >= 0.6 is 23.1 Å². The molecule has 17 heavy (non-hydrogen) atoms. The predicted molar refractivity (Wildman–Crippen MR) is 70.9 cm³/mol. The number of aliphatic hydroxyl groups is 1. The highest BCUT2D eigenvalue weighted by atomic mass is 32.2. The lowest BCUT2D eigenvalue weighted by atomic mass is 10.1. The Hall–Kier alpha value is -0.0800. The molecule has 1 aliphatic rings. The summed E-state index contributed by atoms with van der Waals surface area (Å²) < 4.78 is 26.8. The molecule has 4 nitrogen and oxygen atoms in total. The van der Waals surface area contributed by atoms with Gasteiger partial charge in [-0.25, -0.2) is 13.1 Å². The van der Waals surface area contributed by atoms with Crippen LogP contribution in [0.25, 0.3) is 0 Å². The predicted octanol–water partition coefficient (Wildman–Crippen LogP) is 1.27. The quantitative estimate of drug-likeness (QED) is 0.858. The van der Waals surface area contributed by atoms with Crippen LogP contribution in [0, 0.1) is 5.92 Å². The fourth-order valence-electron chi connectivity index (χ4n) is 1.62. The van der Waals surface area contributed by atoms with Gasteiger partial charge in [-0.3, -0.25) is 0 Å². The summed E-state index contributed by atoms with van der Waals surface area (Å²) in [7, 11) is -3.39. The molecule has 0 radical (unpaired) electrons. The molecule has 0 aliphatic carbocycles. The molecule has 2 heterocycles. The highest BCUT2D eigenvalue weighted by Gasteiger charge is 2.21. The zero-order valence-corrected chi connectivity index (χ0v) is 11.7. The Morgan fingerprint density at radius 1 is 1.53 bits per heavy atom. The van der Waals surface area contributed by atoms with Crippen molar-refractivity contribution in [2.75, 3.05) is 18.1 Å². The zero-order chi connectivity index (χ0) is 12.3. The molecule has 0 spiro atoms. The van der Waals surface area contributed by atoms with E-state index in [1.807, 2.05) is 11.8 Å². The number of thiophene rings is 1. The van der Waals surface area contributed by atoms with Crippen molar-refractivity contribution in [3.05, 3.63) is 17.0 Å². The van der Waals surface area contributed by atoms with E-state index in [0.717, 1.165) is 29.3 Å². The van der Waals surface area contributed by atoms with E-state index in [1.54, 1.807) is 5.38 Å². The van der Waals surface area contributed by atoms with E-state index in [0.29, 0.717) is 18.0 Å². The Balaban J connectivity index is 1.97. The van der Waals surface area contributed by atoms with Crippen LogP contribution in [0.4, 0.5) is 0 Å². The molecule has 1 saturated heterocycles. The summed E-state index contributed by atoms with van der Waals surface area (Å²) in [4.78, 5) is 0. The molecule has 0 bridgehead atoms. The zero-order valence-electron chi connectivity index (χ0n) is 9.26. The van der Waals surface area contributed by atoms with Crippen molar-refractivity contribution in [1.82, 2.24) is 4.72 Å². The first-order chi connectivity index (χ1) is 8.12. The minimum Gasteiger partial charge on any atom is -0.392 e.